The van der Waals surface area contributed by atoms with Crippen molar-refractivity contribution in [1.82, 2.24) is 19.9 Å². The van der Waals surface area contributed by atoms with E-state index in [1.165, 1.54) is 0 Å². The Morgan fingerprint density at radius 3 is 3.00 bits per heavy atom. The number of anilines is 2. The van der Waals surface area contributed by atoms with Gasteiger partial charge in [-0.05, 0) is 38.4 Å². The number of amides is 1. The minimum Gasteiger partial charge on any atom is -0.369 e. The molecule has 7 heteroatoms. The Morgan fingerprint density at radius 1 is 1.33 bits per heavy atom. The number of nitrogens with zero attached hydrogens (tertiary/aromatic N) is 4. The molecule has 1 saturated heterocycles. The second-order valence-corrected chi connectivity index (χ2v) is 6.16. The van der Waals surface area contributed by atoms with Crippen molar-refractivity contribution in [2.45, 2.75) is 25.7 Å². The normalized spacial score (nSPS) is 18.3. The molecule has 0 aromatic carbocycles. The smallest absolute Gasteiger partial charge is 0.231 e. The Morgan fingerprint density at radius 2 is 2.21 bits per heavy atom. The third-order valence-corrected chi connectivity index (χ3v) is 4.10. The number of nitrogens with two attached hydrogens (primary N) is 1. The van der Waals surface area contributed by atoms with Gasteiger partial charge in [-0.2, -0.15) is 0 Å². The third kappa shape index (κ3) is 4.26. The predicted octanol–water partition coefficient (Wildman–Crippen LogP) is 1.59. The van der Waals surface area contributed by atoms with Crippen molar-refractivity contribution in [2.24, 2.45) is 5.73 Å². The van der Waals surface area contributed by atoms with Gasteiger partial charge in [0.05, 0.1) is 18.4 Å². The maximum atomic E-state index is 11.1. The Balaban J connectivity index is 1.71. The lowest BCUT2D eigenvalue weighted by Gasteiger charge is -2.31. The summed E-state index contributed by atoms with van der Waals surface area (Å²) >= 11 is 0. The van der Waals surface area contributed by atoms with Gasteiger partial charge in [0.15, 0.2) is 0 Å². The van der Waals surface area contributed by atoms with Crippen LogP contribution in [0.2, 0.25) is 0 Å². The zero-order valence-electron chi connectivity index (χ0n) is 13.8. The lowest BCUT2D eigenvalue weighted by atomic mass is 9.95. The maximum absolute atomic E-state index is 11.1. The minimum atomic E-state index is -0.289. The summed E-state index contributed by atoms with van der Waals surface area (Å²) in [4.78, 5) is 26.6. The van der Waals surface area contributed by atoms with Gasteiger partial charge in [0.25, 0.3) is 0 Å². The lowest BCUT2D eigenvalue weighted by Crippen LogP contribution is -2.40. The number of hydrogen-bond acceptors (Lipinski definition) is 6. The van der Waals surface area contributed by atoms with Crippen molar-refractivity contribution in [3.8, 4) is 0 Å². The molecule has 0 spiro atoms. The number of aryl methyl sites for hydroxylation is 1. The fourth-order valence-electron chi connectivity index (χ4n) is 3.04. The molecule has 0 bridgehead atoms. The fraction of sp³-hybridized carbons (Fsp3) is 0.412. The SMILES string of the molecule is Cc1cccc(Nc2cncc(C3CCCN(CC(N)=O)C3)n2)n1. The molecule has 3 heterocycles. The molecule has 0 radical (unpaired) electrons. The second kappa shape index (κ2) is 7.35. The quantitative estimate of drug-likeness (QED) is 0.866. The number of aromatic nitrogens is 3. The highest BCUT2D eigenvalue weighted by atomic mass is 16.1. The zero-order chi connectivity index (χ0) is 16.9. The molecular weight excluding hydrogens is 304 g/mol. The summed E-state index contributed by atoms with van der Waals surface area (Å²) in [5.41, 5.74) is 7.18. The molecule has 7 nitrogen and oxygen atoms in total. The lowest BCUT2D eigenvalue weighted by molar-refractivity contribution is -0.119. The highest BCUT2D eigenvalue weighted by Crippen LogP contribution is 2.26. The fourth-order valence-corrected chi connectivity index (χ4v) is 3.04. The van der Waals surface area contributed by atoms with E-state index < -0.39 is 0 Å². The summed E-state index contributed by atoms with van der Waals surface area (Å²) in [6.07, 6.45) is 5.55. The van der Waals surface area contributed by atoms with E-state index in [1.54, 1.807) is 12.4 Å². The van der Waals surface area contributed by atoms with Crippen LogP contribution in [0.4, 0.5) is 11.6 Å². The Kier molecular flexibility index (Phi) is 5.00. The molecule has 1 aliphatic heterocycles. The van der Waals surface area contributed by atoms with E-state index >= 15 is 0 Å². The summed E-state index contributed by atoms with van der Waals surface area (Å²) in [7, 11) is 0. The second-order valence-electron chi connectivity index (χ2n) is 6.16. The Bertz CT molecular complexity index is 720. The summed E-state index contributed by atoms with van der Waals surface area (Å²) in [6, 6.07) is 5.80. The molecule has 1 aliphatic rings. The van der Waals surface area contributed by atoms with Crippen molar-refractivity contribution < 1.29 is 4.79 Å². The number of carbonyl (C=O) groups excluding carboxylic acids is 1. The van der Waals surface area contributed by atoms with E-state index in [0.717, 1.165) is 43.1 Å². The minimum absolute atomic E-state index is 0.262. The number of rotatable bonds is 5. The molecular formula is C17H22N6O. The van der Waals surface area contributed by atoms with Crippen LogP contribution in [0.15, 0.2) is 30.6 Å². The van der Waals surface area contributed by atoms with Gasteiger partial charge in [-0.3, -0.25) is 14.7 Å². The molecule has 3 N–H and O–H groups in total. The number of nitrogens with one attached hydrogen (secondary N) is 1. The molecule has 1 atom stereocenters. The third-order valence-electron chi connectivity index (χ3n) is 4.10. The van der Waals surface area contributed by atoms with Crippen molar-refractivity contribution in [3.05, 3.63) is 42.0 Å². The monoisotopic (exact) mass is 326 g/mol. The average Bonchev–Trinajstić information content (AvgIpc) is 2.55. The topological polar surface area (TPSA) is 97.0 Å². The molecule has 126 valence electrons. The van der Waals surface area contributed by atoms with E-state index in [9.17, 15) is 4.79 Å². The van der Waals surface area contributed by atoms with Gasteiger partial charge < -0.3 is 11.1 Å². The molecule has 0 aliphatic carbocycles. The first-order valence-electron chi connectivity index (χ1n) is 8.13. The largest absolute Gasteiger partial charge is 0.369 e. The number of primary amides is 1. The molecule has 1 unspecified atom stereocenters. The highest BCUT2D eigenvalue weighted by molar-refractivity contribution is 5.75. The number of likely N-dealkylation sites (tertiary alicyclic amines) is 1. The van der Waals surface area contributed by atoms with E-state index in [1.807, 2.05) is 25.1 Å². The number of hydrogen-bond donors (Lipinski definition) is 2. The van der Waals surface area contributed by atoms with Crippen LogP contribution in [-0.2, 0) is 4.79 Å². The van der Waals surface area contributed by atoms with Gasteiger partial charge in [-0.25, -0.2) is 9.97 Å². The maximum Gasteiger partial charge on any atom is 0.231 e. The Labute approximate surface area is 141 Å². The van der Waals surface area contributed by atoms with Crippen molar-refractivity contribution in [1.29, 1.82) is 0 Å². The van der Waals surface area contributed by atoms with Crippen LogP contribution < -0.4 is 11.1 Å². The first kappa shape index (κ1) is 16.3. The van der Waals surface area contributed by atoms with Gasteiger partial charge in [-0.15, -0.1) is 0 Å². The predicted molar refractivity (Wildman–Crippen MR) is 91.9 cm³/mol. The summed E-state index contributed by atoms with van der Waals surface area (Å²) < 4.78 is 0. The van der Waals surface area contributed by atoms with Gasteiger partial charge in [0, 0.05) is 24.4 Å². The highest BCUT2D eigenvalue weighted by Gasteiger charge is 2.23. The number of carbonyl (C=O) groups is 1. The van der Waals surface area contributed by atoms with Gasteiger partial charge in [0.1, 0.15) is 11.6 Å². The van der Waals surface area contributed by atoms with Gasteiger partial charge in [-0.1, -0.05) is 6.07 Å². The molecule has 2 aromatic rings. The standard InChI is InChI=1S/C17H22N6O/c1-12-4-2-6-16(20-12)22-17-9-19-8-14(21-17)13-5-3-7-23(10-13)11-15(18)24/h2,4,6,8-9,13H,3,5,7,10-11H2,1H3,(H2,18,24)(H,20,21,22). The summed E-state index contributed by atoms with van der Waals surface area (Å²) in [5.74, 6) is 1.40. The van der Waals surface area contributed by atoms with Crippen LogP contribution >= 0.6 is 0 Å². The molecule has 1 amide bonds. The van der Waals surface area contributed by atoms with E-state index in [4.69, 9.17) is 5.73 Å². The molecule has 1 fully saturated rings. The van der Waals surface area contributed by atoms with Crippen LogP contribution in [0.5, 0.6) is 0 Å². The van der Waals surface area contributed by atoms with Crippen LogP contribution in [0.25, 0.3) is 0 Å². The molecule has 2 aromatic heterocycles. The molecule has 3 rings (SSSR count). The van der Waals surface area contributed by atoms with Crippen LogP contribution in [-0.4, -0.2) is 45.4 Å². The number of pyridine rings is 1. The van der Waals surface area contributed by atoms with Gasteiger partial charge in [0.2, 0.25) is 5.91 Å². The van der Waals surface area contributed by atoms with Gasteiger partial charge >= 0.3 is 0 Å². The Hall–Kier alpha value is -2.54. The van der Waals surface area contributed by atoms with Crippen molar-refractivity contribution >= 4 is 17.5 Å². The van der Waals surface area contributed by atoms with E-state index in [2.05, 4.69) is 25.2 Å². The van der Waals surface area contributed by atoms with Crippen LogP contribution in [0, 0.1) is 6.92 Å². The molecule has 0 saturated carbocycles. The first-order valence-corrected chi connectivity index (χ1v) is 8.13. The molecule has 24 heavy (non-hydrogen) atoms. The van der Waals surface area contributed by atoms with Crippen molar-refractivity contribution in [3.63, 3.8) is 0 Å². The van der Waals surface area contributed by atoms with Crippen LogP contribution in [0.3, 0.4) is 0 Å². The van der Waals surface area contributed by atoms with Crippen LogP contribution in [0.1, 0.15) is 30.1 Å². The van der Waals surface area contributed by atoms with Crippen molar-refractivity contribution in [2.75, 3.05) is 25.0 Å². The van der Waals surface area contributed by atoms with E-state index in [-0.39, 0.29) is 11.8 Å². The first-order chi connectivity index (χ1) is 11.6. The number of piperidine rings is 1. The van der Waals surface area contributed by atoms with E-state index in [0.29, 0.717) is 12.4 Å². The summed E-state index contributed by atoms with van der Waals surface area (Å²) in [5, 5.41) is 3.20. The average molecular weight is 326 g/mol. The zero-order valence-corrected chi connectivity index (χ0v) is 13.8. The summed E-state index contributed by atoms with van der Waals surface area (Å²) in [6.45, 7) is 3.93.